The maximum Gasteiger partial charge on any atom is 0.147 e. The van der Waals surface area contributed by atoms with E-state index in [0.717, 1.165) is 29.8 Å². The van der Waals surface area contributed by atoms with Crippen LogP contribution in [0.1, 0.15) is 26.1 Å². The molecule has 0 saturated carbocycles. The average Bonchev–Trinajstić information content (AvgIpc) is 2.89. The number of ether oxygens (including phenoxy) is 1. The highest BCUT2D eigenvalue weighted by molar-refractivity contribution is 6.32. The quantitative estimate of drug-likeness (QED) is 0.612. The number of aromatic nitrogens is 2. The molecular formula is C19H21ClN2O. The van der Waals surface area contributed by atoms with Gasteiger partial charge in [-0.1, -0.05) is 49.7 Å². The second kappa shape index (κ2) is 7.05. The molecule has 0 fully saturated rings. The van der Waals surface area contributed by atoms with Crippen LogP contribution in [0.4, 0.5) is 0 Å². The van der Waals surface area contributed by atoms with Gasteiger partial charge in [0.1, 0.15) is 18.2 Å². The SMILES string of the molecule is CC(C)CCn1c(COc2ccccc2Cl)nc2ccccc21. The van der Waals surface area contributed by atoms with Gasteiger partial charge in [-0.2, -0.15) is 0 Å². The number of halogens is 1. The Labute approximate surface area is 141 Å². The number of hydrogen-bond acceptors (Lipinski definition) is 2. The van der Waals surface area contributed by atoms with Crippen LogP contribution in [0, 0.1) is 5.92 Å². The van der Waals surface area contributed by atoms with E-state index in [9.17, 15) is 0 Å². The zero-order valence-corrected chi connectivity index (χ0v) is 14.3. The summed E-state index contributed by atoms with van der Waals surface area (Å²) in [6.07, 6.45) is 1.11. The number of hydrogen-bond donors (Lipinski definition) is 0. The lowest BCUT2D eigenvalue weighted by Crippen LogP contribution is -2.09. The van der Waals surface area contributed by atoms with Crippen LogP contribution in [-0.2, 0) is 13.2 Å². The fourth-order valence-electron chi connectivity index (χ4n) is 2.58. The average molecular weight is 329 g/mol. The van der Waals surface area contributed by atoms with E-state index in [1.807, 2.05) is 36.4 Å². The van der Waals surface area contributed by atoms with Crippen LogP contribution in [0.3, 0.4) is 0 Å². The van der Waals surface area contributed by atoms with Crippen molar-refractivity contribution < 1.29 is 4.74 Å². The van der Waals surface area contributed by atoms with Crippen LogP contribution in [0.2, 0.25) is 5.02 Å². The van der Waals surface area contributed by atoms with Crippen molar-refractivity contribution in [3.8, 4) is 5.75 Å². The summed E-state index contributed by atoms with van der Waals surface area (Å²) < 4.78 is 8.14. The van der Waals surface area contributed by atoms with E-state index in [0.29, 0.717) is 23.3 Å². The molecule has 0 aliphatic heterocycles. The molecule has 1 aromatic heterocycles. The van der Waals surface area contributed by atoms with Gasteiger partial charge in [-0.25, -0.2) is 4.98 Å². The molecule has 120 valence electrons. The molecule has 3 nitrogen and oxygen atoms in total. The van der Waals surface area contributed by atoms with Crippen LogP contribution in [0.25, 0.3) is 11.0 Å². The summed E-state index contributed by atoms with van der Waals surface area (Å²) in [7, 11) is 0. The van der Waals surface area contributed by atoms with Gasteiger partial charge >= 0.3 is 0 Å². The van der Waals surface area contributed by atoms with Crippen molar-refractivity contribution in [2.75, 3.05) is 0 Å². The van der Waals surface area contributed by atoms with Crippen LogP contribution in [-0.4, -0.2) is 9.55 Å². The maximum atomic E-state index is 6.16. The first-order chi connectivity index (χ1) is 11.1. The van der Waals surface area contributed by atoms with Gasteiger partial charge in [0.15, 0.2) is 0 Å². The molecule has 0 radical (unpaired) electrons. The Morgan fingerprint density at radius 2 is 1.83 bits per heavy atom. The monoisotopic (exact) mass is 328 g/mol. The number of fused-ring (bicyclic) bond motifs is 1. The van der Waals surface area contributed by atoms with Gasteiger partial charge in [-0.3, -0.25) is 0 Å². The minimum atomic E-state index is 0.413. The topological polar surface area (TPSA) is 27.1 Å². The smallest absolute Gasteiger partial charge is 0.147 e. The van der Waals surface area contributed by atoms with Crippen LogP contribution in [0.5, 0.6) is 5.75 Å². The Kier molecular flexibility index (Phi) is 4.87. The molecule has 1 heterocycles. The molecule has 3 aromatic rings. The first-order valence-electron chi connectivity index (χ1n) is 7.96. The van der Waals surface area contributed by atoms with Crippen LogP contribution >= 0.6 is 11.6 Å². The third-order valence-corrected chi connectivity index (χ3v) is 4.17. The molecule has 2 aromatic carbocycles. The fraction of sp³-hybridized carbons (Fsp3) is 0.316. The summed E-state index contributed by atoms with van der Waals surface area (Å²) in [6, 6.07) is 15.7. The number of benzene rings is 2. The summed E-state index contributed by atoms with van der Waals surface area (Å²) in [5.41, 5.74) is 2.17. The van der Waals surface area contributed by atoms with Crippen molar-refractivity contribution in [3.05, 3.63) is 59.4 Å². The maximum absolute atomic E-state index is 6.16. The van der Waals surface area contributed by atoms with E-state index in [4.69, 9.17) is 21.3 Å². The summed E-state index contributed by atoms with van der Waals surface area (Å²) in [6.45, 7) is 5.83. The zero-order valence-electron chi connectivity index (χ0n) is 13.5. The minimum Gasteiger partial charge on any atom is -0.484 e. The highest BCUT2D eigenvalue weighted by atomic mass is 35.5. The largest absolute Gasteiger partial charge is 0.484 e. The molecule has 0 aliphatic carbocycles. The molecular weight excluding hydrogens is 308 g/mol. The Balaban J connectivity index is 1.87. The van der Waals surface area contributed by atoms with Crippen molar-refractivity contribution in [3.63, 3.8) is 0 Å². The molecule has 23 heavy (non-hydrogen) atoms. The lowest BCUT2D eigenvalue weighted by Gasteiger charge is -2.12. The second-order valence-corrected chi connectivity index (χ2v) is 6.48. The number of imidazole rings is 1. The van der Waals surface area contributed by atoms with E-state index in [1.54, 1.807) is 0 Å². The molecule has 3 rings (SSSR count). The van der Waals surface area contributed by atoms with E-state index in [1.165, 1.54) is 0 Å². The highest BCUT2D eigenvalue weighted by Gasteiger charge is 2.12. The highest BCUT2D eigenvalue weighted by Crippen LogP contribution is 2.25. The van der Waals surface area contributed by atoms with Crippen LogP contribution in [0.15, 0.2) is 48.5 Å². The van der Waals surface area contributed by atoms with Crippen molar-refractivity contribution in [2.45, 2.75) is 33.4 Å². The molecule has 0 unspecified atom stereocenters. The summed E-state index contributed by atoms with van der Waals surface area (Å²) in [5, 5.41) is 0.623. The van der Waals surface area contributed by atoms with Gasteiger partial charge < -0.3 is 9.30 Å². The van der Waals surface area contributed by atoms with Gasteiger partial charge in [0.2, 0.25) is 0 Å². The summed E-state index contributed by atoms with van der Waals surface area (Å²) in [5.74, 6) is 2.27. The minimum absolute atomic E-state index is 0.413. The van der Waals surface area contributed by atoms with E-state index in [-0.39, 0.29) is 0 Å². The van der Waals surface area contributed by atoms with Gasteiger partial charge in [0.25, 0.3) is 0 Å². The van der Waals surface area contributed by atoms with E-state index >= 15 is 0 Å². The lowest BCUT2D eigenvalue weighted by atomic mass is 10.1. The predicted molar refractivity (Wildman–Crippen MR) is 95.0 cm³/mol. The third kappa shape index (κ3) is 3.67. The number of nitrogens with zero attached hydrogens (tertiary/aromatic N) is 2. The summed E-state index contributed by atoms with van der Waals surface area (Å²) >= 11 is 6.16. The molecule has 0 saturated heterocycles. The molecule has 0 aliphatic rings. The number of para-hydroxylation sites is 3. The van der Waals surface area contributed by atoms with Crippen molar-refractivity contribution in [1.29, 1.82) is 0 Å². The molecule has 0 atom stereocenters. The molecule has 0 N–H and O–H groups in total. The summed E-state index contributed by atoms with van der Waals surface area (Å²) in [4.78, 5) is 4.73. The van der Waals surface area contributed by atoms with Gasteiger partial charge in [0.05, 0.1) is 16.1 Å². The van der Waals surface area contributed by atoms with E-state index < -0.39 is 0 Å². The lowest BCUT2D eigenvalue weighted by molar-refractivity contribution is 0.289. The molecule has 0 bridgehead atoms. The fourth-order valence-corrected chi connectivity index (χ4v) is 2.77. The van der Waals surface area contributed by atoms with Crippen molar-refractivity contribution in [2.24, 2.45) is 5.92 Å². The Hall–Kier alpha value is -2.00. The Morgan fingerprint density at radius 1 is 1.09 bits per heavy atom. The first kappa shape index (κ1) is 15.9. The second-order valence-electron chi connectivity index (χ2n) is 6.07. The predicted octanol–water partition coefficient (Wildman–Crippen LogP) is 5.31. The Morgan fingerprint density at radius 3 is 2.61 bits per heavy atom. The molecule has 4 heteroatoms. The number of rotatable bonds is 6. The normalized spacial score (nSPS) is 11.3. The van der Waals surface area contributed by atoms with Crippen molar-refractivity contribution >= 4 is 22.6 Å². The number of aryl methyl sites for hydroxylation is 1. The zero-order chi connectivity index (χ0) is 16.2. The van der Waals surface area contributed by atoms with Gasteiger partial charge in [-0.15, -0.1) is 0 Å². The Bertz CT molecular complexity index is 795. The van der Waals surface area contributed by atoms with Gasteiger partial charge in [-0.05, 0) is 36.6 Å². The first-order valence-corrected chi connectivity index (χ1v) is 8.34. The molecule has 0 amide bonds. The third-order valence-electron chi connectivity index (χ3n) is 3.86. The van der Waals surface area contributed by atoms with Gasteiger partial charge in [0, 0.05) is 6.54 Å². The van der Waals surface area contributed by atoms with E-state index in [2.05, 4.69) is 30.5 Å². The standard InChI is InChI=1S/C19H21ClN2O/c1-14(2)11-12-22-17-9-5-4-8-16(17)21-19(22)13-23-18-10-6-3-7-15(18)20/h3-10,14H,11-13H2,1-2H3. The molecule has 0 spiro atoms. The van der Waals surface area contributed by atoms with Crippen LogP contribution < -0.4 is 4.74 Å². The van der Waals surface area contributed by atoms with Crippen molar-refractivity contribution in [1.82, 2.24) is 9.55 Å².